The summed E-state index contributed by atoms with van der Waals surface area (Å²) in [5.41, 5.74) is 0.775. The molecule has 1 aliphatic heterocycles. The number of aromatic nitrogens is 4. The molecule has 24 heavy (non-hydrogen) atoms. The molecule has 1 saturated heterocycles. The van der Waals surface area contributed by atoms with Crippen molar-refractivity contribution in [2.45, 2.75) is 6.54 Å². The Kier molecular flexibility index (Phi) is 3.86. The van der Waals surface area contributed by atoms with E-state index in [9.17, 15) is 4.39 Å². The second kappa shape index (κ2) is 6.16. The first-order valence-corrected chi connectivity index (χ1v) is 8.04. The van der Waals surface area contributed by atoms with Crippen LogP contribution in [0.5, 0.6) is 0 Å². The SMILES string of the molecule is Cn1ccnc1CN1CCN(c2ncnc3ccc(F)cc23)CC1. The van der Waals surface area contributed by atoms with Crippen LogP contribution in [0.15, 0.2) is 36.9 Å². The molecule has 2 aromatic heterocycles. The summed E-state index contributed by atoms with van der Waals surface area (Å²) in [6, 6.07) is 4.65. The molecule has 4 rings (SSSR count). The summed E-state index contributed by atoms with van der Waals surface area (Å²) in [6.07, 6.45) is 5.34. The topological polar surface area (TPSA) is 50.1 Å². The Bertz CT molecular complexity index is 853. The van der Waals surface area contributed by atoms with Gasteiger partial charge in [-0.25, -0.2) is 19.3 Å². The maximum atomic E-state index is 13.6. The molecule has 0 spiro atoms. The third-order valence-electron chi connectivity index (χ3n) is 4.53. The molecule has 1 fully saturated rings. The molecule has 3 aromatic rings. The van der Waals surface area contributed by atoms with Crippen molar-refractivity contribution in [3.05, 3.63) is 48.6 Å². The fourth-order valence-corrected chi connectivity index (χ4v) is 3.13. The number of halogens is 1. The molecule has 0 radical (unpaired) electrons. The van der Waals surface area contributed by atoms with Crippen LogP contribution >= 0.6 is 0 Å². The van der Waals surface area contributed by atoms with Gasteiger partial charge in [0, 0.05) is 51.0 Å². The van der Waals surface area contributed by atoms with Gasteiger partial charge in [-0.15, -0.1) is 0 Å². The lowest BCUT2D eigenvalue weighted by Gasteiger charge is -2.35. The first-order valence-electron chi connectivity index (χ1n) is 8.04. The highest BCUT2D eigenvalue weighted by atomic mass is 19.1. The fraction of sp³-hybridized carbons (Fsp3) is 0.353. The van der Waals surface area contributed by atoms with E-state index in [1.165, 1.54) is 12.1 Å². The molecule has 0 aliphatic carbocycles. The Labute approximate surface area is 139 Å². The first-order chi connectivity index (χ1) is 11.7. The molecule has 0 amide bonds. The minimum absolute atomic E-state index is 0.257. The van der Waals surface area contributed by atoms with E-state index in [-0.39, 0.29) is 5.82 Å². The van der Waals surface area contributed by atoms with Gasteiger partial charge in [-0.05, 0) is 18.2 Å². The van der Waals surface area contributed by atoms with Crippen molar-refractivity contribution in [1.29, 1.82) is 0 Å². The predicted octanol–water partition coefficient (Wildman–Crippen LogP) is 1.82. The zero-order valence-corrected chi connectivity index (χ0v) is 13.6. The van der Waals surface area contributed by atoms with Gasteiger partial charge in [0.2, 0.25) is 0 Å². The molecular weight excluding hydrogens is 307 g/mol. The van der Waals surface area contributed by atoms with Gasteiger partial charge in [0.25, 0.3) is 0 Å². The molecule has 7 heteroatoms. The van der Waals surface area contributed by atoms with Gasteiger partial charge < -0.3 is 9.47 Å². The maximum absolute atomic E-state index is 13.6. The second-order valence-corrected chi connectivity index (χ2v) is 6.08. The van der Waals surface area contributed by atoms with Crippen LogP contribution in [0.3, 0.4) is 0 Å². The largest absolute Gasteiger partial charge is 0.353 e. The van der Waals surface area contributed by atoms with Gasteiger partial charge in [-0.3, -0.25) is 4.90 Å². The average molecular weight is 326 g/mol. The lowest BCUT2D eigenvalue weighted by molar-refractivity contribution is 0.241. The van der Waals surface area contributed by atoms with Gasteiger partial charge in [0.15, 0.2) is 0 Å². The van der Waals surface area contributed by atoms with Crippen LogP contribution in [0, 0.1) is 5.82 Å². The number of fused-ring (bicyclic) bond motifs is 1. The number of aryl methyl sites for hydroxylation is 1. The Hall–Kier alpha value is -2.54. The second-order valence-electron chi connectivity index (χ2n) is 6.08. The van der Waals surface area contributed by atoms with Crippen LogP contribution < -0.4 is 4.90 Å². The van der Waals surface area contributed by atoms with Crippen LogP contribution in [0.25, 0.3) is 10.9 Å². The van der Waals surface area contributed by atoms with Gasteiger partial charge in [0.1, 0.15) is 23.8 Å². The van der Waals surface area contributed by atoms with E-state index in [0.29, 0.717) is 0 Å². The van der Waals surface area contributed by atoms with Crippen LogP contribution in [0.2, 0.25) is 0 Å². The Balaban J connectivity index is 1.50. The van der Waals surface area contributed by atoms with Crippen LogP contribution in [-0.4, -0.2) is 50.6 Å². The smallest absolute Gasteiger partial charge is 0.140 e. The molecule has 1 aromatic carbocycles. The highest BCUT2D eigenvalue weighted by molar-refractivity contribution is 5.89. The number of anilines is 1. The van der Waals surface area contributed by atoms with E-state index in [1.807, 2.05) is 24.0 Å². The number of imidazole rings is 1. The molecule has 0 bridgehead atoms. The van der Waals surface area contributed by atoms with Crippen LogP contribution in [-0.2, 0) is 13.6 Å². The summed E-state index contributed by atoms with van der Waals surface area (Å²) in [7, 11) is 2.01. The highest BCUT2D eigenvalue weighted by Gasteiger charge is 2.21. The third kappa shape index (κ3) is 2.82. The van der Waals surface area contributed by atoms with E-state index in [1.54, 1.807) is 12.4 Å². The predicted molar refractivity (Wildman–Crippen MR) is 90.2 cm³/mol. The Morgan fingerprint density at radius 3 is 2.67 bits per heavy atom. The lowest BCUT2D eigenvalue weighted by atomic mass is 10.2. The van der Waals surface area contributed by atoms with Crippen molar-refractivity contribution in [1.82, 2.24) is 24.4 Å². The summed E-state index contributed by atoms with van der Waals surface area (Å²) >= 11 is 0. The van der Waals surface area contributed by atoms with Crippen molar-refractivity contribution < 1.29 is 4.39 Å². The number of piperazine rings is 1. The number of benzene rings is 1. The Morgan fingerprint density at radius 1 is 1.08 bits per heavy atom. The monoisotopic (exact) mass is 326 g/mol. The van der Waals surface area contributed by atoms with E-state index in [2.05, 4.69) is 24.8 Å². The van der Waals surface area contributed by atoms with Gasteiger partial charge in [-0.2, -0.15) is 0 Å². The average Bonchev–Trinajstić information content (AvgIpc) is 3.00. The minimum Gasteiger partial charge on any atom is -0.353 e. The van der Waals surface area contributed by atoms with Crippen molar-refractivity contribution >= 4 is 16.7 Å². The highest BCUT2D eigenvalue weighted by Crippen LogP contribution is 2.24. The molecule has 124 valence electrons. The number of nitrogens with zero attached hydrogens (tertiary/aromatic N) is 6. The van der Waals surface area contributed by atoms with Crippen LogP contribution in [0.4, 0.5) is 10.2 Å². The van der Waals surface area contributed by atoms with Crippen molar-refractivity contribution in [3.63, 3.8) is 0 Å². The normalized spacial score (nSPS) is 16.0. The van der Waals surface area contributed by atoms with Crippen molar-refractivity contribution in [3.8, 4) is 0 Å². The molecule has 6 nitrogen and oxygen atoms in total. The van der Waals surface area contributed by atoms with Crippen molar-refractivity contribution in [2.75, 3.05) is 31.1 Å². The molecule has 0 unspecified atom stereocenters. The molecule has 0 atom stereocenters. The molecule has 0 N–H and O–H groups in total. The first kappa shape index (κ1) is 15.0. The summed E-state index contributed by atoms with van der Waals surface area (Å²) in [6.45, 7) is 4.40. The third-order valence-corrected chi connectivity index (χ3v) is 4.53. The maximum Gasteiger partial charge on any atom is 0.140 e. The molecule has 1 aliphatic rings. The van der Waals surface area contributed by atoms with E-state index in [4.69, 9.17) is 0 Å². The minimum atomic E-state index is -0.257. The van der Waals surface area contributed by atoms with Gasteiger partial charge in [-0.1, -0.05) is 0 Å². The van der Waals surface area contributed by atoms with E-state index >= 15 is 0 Å². The zero-order chi connectivity index (χ0) is 16.5. The summed E-state index contributed by atoms with van der Waals surface area (Å²) < 4.78 is 15.7. The van der Waals surface area contributed by atoms with Crippen LogP contribution in [0.1, 0.15) is 5.82 Å². The Morgan fingerprint density at radius 2 is 1.92 bits per heavy atom. The lowest BCUT2D eigenvalue weighted by Crippen LogP contribution is -2.46. The quantitative estimate of drug-likeness (QED) is 0.735. The summed E-state index contributed by atoms with van der Waals surface area (Å²) in [4.78, 5) is 17.6. The molecular formula is C17H19FN6. The van der Waals surface area contributed by atoms with E-state index < -0.39 is 0 Å². The summed E-state index contributed by atoms with van der Waals surface area (Å²) in [5, 5.41) is 0.773. The number of rotatable bonds is 3. The van der Waals surface area contributed by atoms with Gasteiger partial charge >= 0.3 is 0 Å². The number of hydrogen-bond donors (Lipinski definition) is 0. The van der Waals surface area contributed by atoms with Gasteiger partial charge in [0.05, 0.1) is 12.1 Å². The van der Waals surface area contributed by atoms with Crippen molar-refractivity contribution in [2.24, 2.45) is 7.05 Å². The van der Waals surface area contributed by atoms with E-state index in [0.717, 1.165) is 55.3 Å². The molecule has 3 heterocycles. The molecule has 0 saturated carbocycles. The standard InChI is InChI=1S/C17H19FN6/c1-22-5-4-19-16(22)11-23-6-8-24(9-7-23)17-14-10-13(18)2-3-15(14)20-12-21-17/h2-5,10,12H,6-9,11H2,1H3. The zero-order valence-electron chi connectivity index (χ0n) is 13.6. The fourth-order valence-electron chi connectivity index (χ4n) is 3.13. The number of hydrogen-bond acceptors (Lipinski definition) is 5. The summed E-state index contributed by atoms with van der Waals surface area (Å²) in [5.74, 6) is 1.63.